The Hall–Kier alpha value is -3.09. The molecule has 0 atom stereocenters. The number of piperidine rings is 1. The number of nitrogens with zero attached hydrogens (tertiary/aromatic N) is 5. The monoisotopic (exact) mass is 425 g/mol. The van der Waals surface area contributed by atoms with Gasteiger partial charge in [0.15, 0.2) is 0 Å². The van der Waals surface area contributed by atoms with Crippen molar-refractivity contribution in [1.82, 2.24) is 24.3 Å². The van der Waals surface area contributed by atoms with Gasteiger partial charge in [-0.2, -0.15) is 0 Å². The molecule has 1 aromatic carbocycles. The van der Waals surface area contributed by atoms with Crippen molar-refractivity contribution in [3.05, 3.63) is 72.3 Å². The number of aromatic nitrogens is 4. The zero-order valence-corrected chi connectivity index (χ0v) is 18.2. The van der Waals surface area contributed by atoms with Crippen LogP contribution in [-0.2, 0) is 0 Å². The molecule has 0 radical (unpaired) electrons. The highest BCUT2D eigenvalue weighted by atomic mass is 32.1. The number of rotatable bonds is 3. The molecular formula is C25H23N5S. The molecule has 1 aliphatic heterocycles. The number of imidazole rings is 1. The second-order valence-electron chi connectivity index (χ2n) is 8.37. The summed E-state index contributed by atoms with van der Waals surface area (Å²) >= 11 is 1.67. The maximum Gasteiger partial charge on any atom is 0.137 e. The number of fused-ring (bicyclic) bond motifs is 2. The van der Waals surface area contributed by atoms with Crippen molar-refractivity contribution >= 4 is 27.2 Å². The third kappa shape index (κ3) is 3.32. The van der Waals surface area contributed by atoms with Crippen molar-refractivity contribution in [2.75, 3.05) is 20.1 Å². The number of hydrogen-bond donors (Lipinski definition) is 0. The lowest BCUT2D eigenvalue weighted by Crippen LogP contribution is -2.29. The fourth-order valence-electron chi connectivity index (χ4n) is 4.61. The summed E-state index contributed by atoms with van der Waals surface area (Å²) in [5.74, 6) is 0.687. The van der Waals surface area contributed by atoms with Gasteiger partial charge in [-0.3, -0.25) is 4.40 Å². The van der Waals surface area contributed by atoms with Gasteiger partial charge < -0.3 is 4.90 Å². The summed E-state index contributed by atoms with van der Waals surface area (Å²) < 4.78 is 3.23. The number of hydrogen-bond acceptors (Lipinski definition) is 5. The van der Waals surface area contributed by atoms with Crippen molar-refractivity contribution in [1.29, 1.82) is 0 Å². The van der Waals surface area contributed by atoms with Gasteiger partial charge in [0.25, 0.3) is 0 Å². The van der Waals surface area contributed by atoms with E-state index in [9.17, 15) is 0 Å². The molecule has 5 heterocycles. The second-order valence-corrected chi connectivity index (χ2v) is 9.28. The van der Waals surface area contributed by atoms with Crippen LogP contribution in [0.5, 0.6) is 0 Å². The fourth-order valence-corrected chi connectivity index (χ4v) is 5.49. The maximum atomic E-state index is 4.69. The molecule has 0 spiro atoms. The molecule has 1 aliphatic rings. The van der Waals surface area contributed by atoms with Gasteiger partial charge in [0.1, 0.15) is 12.0 Å². The smallest absolute Gasteiger partial charge is 0.137 e. The molecule has 5 nitrogen and oxygen atoms in total. The van der Waals surface area contributed by atoms with E-state index >= 15 is 0 Å². The third-order valence-corrected chi connectivity index (χ3v) is 7.37. The molecule has 4 aromatic heterocycles. The largest absolute Gasteiger partial charge is 0.306 e. The first-order valence-electron chi connectivity index (χ1n) is 10.7. The summed E-state index contributed by atoms with van der Waals surface area (Å²) in [5, 5.41) is 2.14. The van der Waals surface area contributed by atoms with Crippen LogP contribution < -0.4 is 0 Å². The first-order valence-corrected chi connectivity index (χ1v) is 11.6. The minimum absolute atomic E-state index is 0.687. The topological polar surface area (TPSA) is 46.3 Å². The quantitative estimate of drug-likeness (QED) is 0.384. The zero-order valence-electron chi connectivity index (χ0n) is 17.4. The molecule has 0 unspecified atom stereocenters. The van der Waals surface area contributed by atoms with Gasteiger partial charge in [-0.15, -0.1) is 11.3 Å². The van der Waals surface area contributed by atoms with Crippen LogP contribution in [0.25, 0.3) is 38.2 Å². The third-order valence-electron chi connectivity index (χ3n) is 6.46. The molecule has 0 saturated carbocycles. The molecule has 31 heavy (non-hydrogen) atoms. The van der Waals surface area contributed by atoms with E-state index in [2.05, 4.69) is 79.3 Å². The average molecular weight is 426 g/mol. The van der Waals surface area contributed by atoms with E-state index in [1.165, 1.54) is 42.6 Å². The molecule has 0 N–H and O–H groups in total. The molecule has 1 saturated heterocycles. The predicted molar refractivity (Wildman–Crippen MR) is 127 cm³/mol. The van der Waals surface area contributed by atoms with Crippen LogP contribution in [0.4, 0.5) is 0 Å². The minimum atomic E-state index is 0.687. The van der Waals surface area contributed by atoms with Gasteiger partial charge in [-0.1, -0.05) is 24.3 Å². The number of benzene rings is 1. The lowest BCUT2D eigenvalue weighted by atomic mass is 9.89. The summed E-state index contributed by atoms with van der Waals surface area (Å²) in [5.41, 5.74) is 7.98. The van der Waals surface area contributed by atoms with Gasteiger partial charge >= 0.3 is 0 Å². The van der Waals surface area contributed by atoms with Crippen molar-refractivity contribution < 1.29 is 0 Å². The summed E-state index contributed by atoms with van der Waals surface area (Å²) in [6.07, 6.45) is 10.0. The van der Waals surface area contributed by atoms with Crippen molar-refractivity contribution in [3.63, 3.8) is 0 Å². The van der Waals surface area contributed by atoms with Crippen molar-refractivity contribution in [2.45, 2.75) is 18.8 Å². The Morgan fingerprint density at radius 1 is 0.968 bits per heavy atom. The van der Waals surface area contributed by atoms with Crippen LogP contribution >= 0.6 is 11.3 Å². The Morgan fingerprint density at radius 3 is 2.65 bits per heavy atom. The van der Waals surface area contributed by atoms with E-state index in [0.29, 0.717) is 5.92 Å². The lowest BCUT2D eigenvalue weighted by Gasteiger charge is -2.29. The Balaban J connectivity index is 1.31. The summed E-state index contributed by atoms with van der Waals surface area (Å²) in [6.45, 7) is 2.38. The van der Waals surface area contributed by atoms with Crippen LogP contribution in [0.15, 0.2) is 66.7 Å². The molecule has 0 bridgehead atoms. The normalized spacial score (nSPS) is 15.8. The predicted octanol–water partition coefficient (Wildman–Crippen LogP) is 5.48. The number of thiophene rings is 1. The van der Waals surface area contributed by atoms with Crippen LogP contribution in [0.3, 0.4) is 0 Å². The molecular weight excluding hydrogens is 402 g/mol. The average Bonchev–Trinajstić information content (AvgIpc) is 3.43. The number of likely N-dealkylation sites (tertiary alicyclic amines) is 1. The van der Waals surface area contributed by atoms with E-state index in [-0.39, 0.29) is 0 Å². The standard InChI is InChI=1S/C25H23N5S/c1-29-9-6-19(7-10-29)17-2-4-18(5-3-17)20-8-11-30-22(13-27-24(30)12-20)21-15-31-23-14-26-16-28-25(21)23/h2-5,8,11-16,19H,6-7,9-10H2,1H3. The first-order chi connectivity index (χ1) is 15.3. The van der Waals surface area contributed by atoms with Gasteiger partial charge in [0.2, 0.25) is 0 Å². The molecule has 6 heteroatoms. The highest BCUT2D eigenvalue weighted by Crippen LogP contribution is 2.34. The van der Waals surface area contributed by atoms with Crippen LogP contribution in [0.2, 0.25) is 0 Å². The van der Waals surface area contributed by atoms with Crippen LogP contribution in [0.1, 0.15) is 24.3 Å². The fraction of sp³-hybridized carbons (Fsp3) is 0.240. The zero-order chi connectivity index (χ0) is 20.8. The van der Waals surface area contributed by atoms with Crippen molar-refractivity contribution in [2.24, 2.45) is 0 Å². The second kappa shape index (κ2) is 7.55. The highest BCUT2D eigenvalue weighted by Gasteiger charge is 2.18. The minimum Gasteiger partial charge on any atom is -0.306 e. The Kier molecular flexibility index (Phi) is 4.55. The highest BCUT2D eigenvalue weighted by molar-refractivity contribution is 7.17. The molecule has 1 fully saturated rings. The van der Waals surface area contributed by atoms with E-state index < -0.39 is 0 Å². The Labute approximate surface area is 185 Å². The molecule has 0 aliphatic carbocycles. The van der Waals surface area contributed by atoms with Gasteiger partial charge in [0.05, 0.1) is 22.1 Å². The van der Waals surface area contributed by atoms with E-state index in [1.807, 2.05) is 12.4 Å². The summed E-state index contributed by atoms with van der Waals surface area (Å²) in [4.78, 5) is 15.7. The van der Waals surface area contributed by atoms with Crippen LogP contribution in [-0.4, -0.2) is 44.4 Å². The lowest BCUT2D eigenvalue weighted by molar-refractivity contribution is 0.255. The van der Waals surface area contributed by atoms with Gasteiger partial charge in [-0.05, 0) is 67.7 Å². The Morgan fingerprint density at radius 2 is 1.81 bits per heavy atom. The maximum absolute atomic E-state index is 4.69. The molecule has 0 amide bonds. The van der Waals surface area contributed by atoms with E-state index in [1.54, 1.807) is 17.7 Å². The summed E-state index contributed by atoms with van der Waals surface area (Å²) in [7, 11) is 2.21. The molecule has 154 valence electrons. The summed E-state index contributed by atoms with van der Waals surface area (Å²) in [6, 6.07) is 13.5. The Bertz CT molecular complexity index is 1360. The van der Waals surface area contributed by atoms with Crippen LogP contribution in [0, 0.1) is 0 Å². The van der Waals surface area contributed by atoms with Gasteiger partial charge in [0, 0.05) is 23.3 Å². The SMILES string of the molecule is CN1CCC(c2ccc(-c3ccn4c(-c5csc6cncnc56)cnc4c3)cc2)CC1. The van der Waals surface area contributed by atoms with Crippen molar-refractivity contribution in [3.8, 4) is 22.4 Å². The van der Waals surface area contributed by atoms with E-state index in [0.717, 1.165) is 27.1 Å². The molecule has 6 rings (SSSR count). The van der Waals surface area contributed by atoms with Gasteiger partial charge in [-0.25, -0.2) is 15.0 Å². The first kappa shape index (κ1) is 18.7. The number of pyridine rings is 1. The van der Waals surface area contributed by atoms with E-state index in [4.69, 9.17) is 0 Å². The molecule has 5 aromatic rings.